The van der Waals surface area contributed by atoms with Crippen LogP contribution >= 0.6 is 12.4 Å². The largest absolute Gasteiger partial charge is 0.497 e. The van der Waals surface area contributed by atoms with Crippen molar-refractivity contribution in [1.82, 2.24) is 5.32 Å². The van der Waals surface area contributed by atoms with Crippen LogP contribution in [0.5, 0.6) is 5.75 Å². The molecule has 1 saturated heterocycles. The number of hydrogen-bond donors (Lipinski definition) is 1. The number of nitrogens with zero attached hydrogens (tertiary/aromatic N) is 1. The molecule has 1 fully saturated rings. The van der Waals surface area contributed by atoms with E-state index in [1.165, 1.54) is 6.07 Å². The van der Waals surface area contributed by atoms with Crippen LogP contribution in [0, 0.1) is 11.6 Å². The minimum absolute atomic E-state index is 0. The fraction of sp³-hybridized carbons (Fsp3) is 0.400. The van der Waals surface area contributed by atoms with Crippen molar-refractivity contribution >= 4 is 18.1 Å². The summed E-state index contributed by atoms with van der Waals surface area (Å²) in [7, 11) is 1.65. The molecule has 2 atom stereocenters. The zero-order chi connectivity index (χ0) is 18.5. The SMILES string of the molecule is COc1cccc([C@@H](C)NCC2CN(c3ccc(F)c(F)c3)CCO2)c1.Cl. The van der Waals surface area contributed by atoms with E-state index in [0.29, 0.717) is 31.9 Å². The Morgan fingerprint density at radius 3 is 2.78 bits per heavy atom. The van der Waals surface area contributed by atoms with E-state index < -0.39 is 11.6 Å². The first-order valence-electron chi connectivity index (χ1n) is 8.75. The third-order valence-corrected chi connectivity index (χ3v) is 4.65. The summed E-state index contributed by atoms with van der Waals surface area (Å²) in [5, 5.41) is 3.47. The first-order valence-corrected chi connectivity index (χ1v) is 8.75. The van der Waals surface area contributed by atoms with Gasteiger partial charge < -0.3 is 19.7 Å². The van der Waals surface area contributed by atoms with Crippen LogP contribution in [0.1, 0.15) is 18.5 Å². The molecule has 0 radical (unpaired) electrons. The van der Waals surface area contributed by atoms with Crippen molar-refractivity contribution in [2.45, 2.75) is 19.1 Å². The van der Waals surface area contributed by atoms with Crippen LogP contribution in [0.15, 0.2) is 42.5 Å². The summed E-state index contributed by atoms with van der Waals surface area (Å²) in [6, 6.07) is 12.1. The van der Waals surface area contributed by atoms with E-state index in [4.69, 9.17) is 9.47 Å². The van der Waals surface area contributed by atoms with Crippen LogP contribution < -0.4 is 15.0 Å². The lowest BCUT2D eigenvalue weighted by Gasteiger charge is -2.35. The van der Waals surface area contributed by atoms with Crippen LogP contribution in [-0.2, 0) is 4.74 Å². The molecular formula is C20H25ClF2N2O2. The van der Waals surface area contributed by atoms with Gasteiger partial charge in [0.2, 0.25) is 0 Å². The summed E-state index contributed by atoms with van der Waals surface area (Å²) in [6.07, 6.45) is -0.0232. The lowest BCUT2D eigenvalue weighted by atomic mass is 10.1. The van der Waals surface area contributed by atoms with E-state index in [-0.39, 0.29) is 24.6 Å². The van der Waals surface area contributed by atoms with Crippen molar-refractivity contribution in [3.8, 4) is 5.75 Å². The van der Waals surface area contributed by atoms with E-state index in [9.17, 15) is 8.78 Å². The smallest absolute Gasteiger partial charge is 0.160 e. The summed E-state index contributed by atoms with van der Waals surface area (Å²) in [6.45, 7) is 4.60. The maximum Gasteiger partial charge on any atom is 0.160 e. The first kappa shape index (κ1) is 21.4. The van der Waals surface area contributed by atoms with Crippen LogP contribution in [0.25, 0.3) is 0 Å². The van der Waals surface area contributed by atoms with Gasteiger partial charge in [0.15, 0.2) is 11.6 Å². The minimum atomic E-state index is -0.827. The normalized spacial score (nSPS) is 17.9. The summed E-state index contributed by atoms with van der Waals surface area (Å²) in [4.78, 5) is 2.02. The number of morpholine rings is 1. The summed E-state index contributed by atoms with van der Waals surface area (Å²) in [5.74, 6) is -0.822. The Morgan fingerprint density at radius 2 is 2.04 bits per heavy atom. The fourth-order valence-corrected chi connectivity index (χ4v) is 3.10. The van der Waals surface area contributed by atoms with Crippen molar-refractivity contribution in [3.63, 3.8) is 0 Å². The lowest BCUT2D eigenvalue weighted by molar-refractivity contribution is 0.0394. The van der Waals surface area contributed by atoms with Crippen molar-refractivity contribution in [3.05, 3.63) is 59.7 Å². The molecule has 7 heteroatoms. The molecule has 27 heavy (non-hydrogen) atoms. The van der Waals surface area contributed by atoms with Crippen LogP contribution in [-0.4, -0.2) is 39.5 Å². The topological polar surface area (TPSA) is 33.7 Å². The highest BCUT2D eigenvalue weighted by atomic mass is 35.5. The molecule has 1 N–H and O–H groups in total. The number of rotatable bonds is 6. The molecule has 0 aliphatic carbocycles. The van der Waals surface area contributed by atoms with Crippen LogP contribution in [0.3, 0.4) is 0 Å². The number of halogens is 3. The number of benzene rings is 2. The molecule has 0 amide bonds. The van der Waals surface area contributed by atoms with Gasteiger partial charge in [-0.05, 0) is 36.8 Å². The Labute approximate surface area is 164 Å². The van der Waals surface area contributed by atoms with Crippen molar-refractivity contribution in [2.75, 3.05) is 38.3 Å². The molecule has 0 bridgehead atoms. The maximum absolute atomic E-state index is 13.5. The second-order valence-electron chi connectivity index (χ2n) is 6.44. The fourth-order valence-electron chi connectivity index (χ4n) is 3.10. The number of ether oxygens (including phenoxy) is 2. The molecule has 2 aromatic carbocycles. The first-order chi connectivity index (χ1) is 12.6. The highest BCUT2D eigenvalue weighted by Crippen LogP contribution is 2.22. The van der Waals surface area contributed by atoms with Crippen molar-refractivity contribution in [1.29, 1.82) is 0 Å². The minimum Gasteiger partial charge on any atom is -0.497 e. The third-order valence-electron chi connectivity index (χ3n) is 4.65. The highest BCUT2D eigenvalue weighted by Gasteiger charge is 2.22. The van der Waals surface area contributed by atoms with E-state index in [2.05, 4.69) is 18.3 Å². The molecule has 2 aromatic rings. The van der Waals surface area contributed by atoms with Gasteiger partial charge in [-0.25, -0.2) is 8.78 Å². The average Bonchev–Trinajstić information content (AvgIpc) is 2.68. The second kappa shape index (κ2) is 9.88. The molecule has 1 heterocycles. The number of nitrogens with one attached hydrogen (secondary N) is 1. The predicted octanol–water partition coefficient (Wildman–Crippen LogP) is 3.95. The lowest BCUT2D eigenvalue weighted by Crippen LogP contribution is -2.47. The van der Waals surface area contributed by atoms with Gasteiger partial charge in [-0.2, -0.15) is 0 Å². The molecular weight excluding hydrogens is 374 g/mol. The molecule has 0 aromatic heterocycles. The Balaban J connectivity index is 0.00000261. The number of anilines is 1. The Morgan fingerprint density at radius 1 is 1.22 bits per heavy atom. The highest BCUT2D eigenvalue weighted by molar-refractivity contribution is 5.85. The molecule has 148 valence electrons. The van der Waals surface area contributed by atoms with Gasteiger partial charge >= 0.3 is 0 Å². The van der Waals surface area contributed by atoms with Gasteiger partial charge in [-0.1, -0.05) is 12.1 Å². The van der Waals surface area contributed by atoms with Gasteiger partial charge in [0.1, 0.15) is 5.75 Å². The summed E-state index contributed by atoms with van der Waals surface area (Å²) >= 11 is 0. The molecule has 1 aliphatic rings. The molecule has 4 nitrogen and oxygen atoms in total. The van der Waals surface area contributed by atoms with Crippen LogP contribution in [0.2, 0.25) is 0 Å². The van der Waals surface area contributed by atoms with Gasteiger partial charge in [-0.3, -0.25) is 0 Å². The van der Waals surface area contributed by atoms with Gasteiger partial charge in [0, 0.05) is 37.4 Å². The van der Waals surface area contributed by atoms with E-state index in [1.54, 1.807) is 13.2 Å². The van der Waals surface area contributed by atoms with Gasteiger partial charge in [-0.15, -0.1) is 12.4 Å². The molecule has 0 saturated carbocycles. The van der Waals surface area contributed by atoms with Gasteiger partial charge in [0.25, 0.3) is 0 Å². The quantitative estimate of drug-likeness (QED) is 0.798. The maximum atomic E-state index is 13.5. The zero-order valence-electron chi connectivity index (χ0n) is 15.5. The Kier molecular flexibility index (Phi) is 7.83. The van der Waals surface area contributed by atoms with E-state index >= 15 is 0 Å². The van der Waals surface area contributed by atoms with Crippen molar-refractivity contribution < 1.29 is 18.3 Å². The molecule has 0 spiro atoms. The standard InChI is InChI=1S/C20H24F2N2O2.ClH/c1-14(15-4-3-5-17(10-15)25-2)23-12-18-13-24(8-9-26-18)16-6-7-19(21)20(22)11-16;/h3-7,10-11,14,18,23H,8-9,12-13H2,1-2H3;1H/t14-,18?;/m1./s1. The third kappa shape index (κ3) is 5.54. The molecule has 1 unspecified atom stereocenters. The van der Waals surface area contributed by atoms with E-state index in [0.717, 1.165) is 17.4 Å². The molecule has 3 rings (SSSR count). The summed E-state index contributed by atoms with van der Waals surface area (Å²) in [5.41, 5.74) is 1.82. The number of hydrogen-bond acceptors (Lipinski definition) is 4. The monoisotopic (exact) mass is 398 g/mol. The predicted molar refractivity (Wildman–Crippen MR) is 105 cm³/mol. The molecule has 1 aliphatic heterocycles. The number of methoxy groups -OCH3 is 1. The Bertz CT molecular complexity index is 748. The summed E-state index contributed by atoms with van der Waals surface area (Å²) < 4.78 is 37.7. The second-order valence-corrected chi connectivity index (χ2v) is 6.44. The van der Waals surface area contributed by atoms with Gasteiger partial charge in [0.05, 0.1) is 19.8 Å². The average molecular weight is 399 g/mol. The van der Waals surface area contributed by atoms with Crippen molar-refractivity contribution in [2.24, 2.45) is 0 Å². The van der Waals surface area contributed by atoms with Crippen LogP contribution in [0.4, 0.5) is 14.5 Å². The Hall–Kier alpha value is -1.89. The van der Waals surface area contributed by atoms with E-state index in [1.807, 2.05) is 23.1 Å². The zero-order valence-corrected chi connectivity index (χ0v) is 16.3.